The number of benzene rings is 1. The number of pyridine rings is 1. The number of hydrogen-bond donors (Lipinski definition) is 1. The van der Waals surface area contributed by atoms with Crippen molar-refractivity contribution in [1.29, 1.82) is 0 Å². The number of rotatable bonds is 5. The average Bonchev–Trinajstić information content (AvgIpc) is 3.17. The van der Waals surface area contributed by atoms with Crippen molar-refractivity contribution in [2.24, 2.45) is 5.92 Å². The van der Waals surface area contributed by atoms with E-state index < -0.39 is 0 Å². The molecule has 0 bridgehead atoms. The molecule has 3 heterocycles. The number of aromatic nitrogens is 3. The number of fused-ring (bicyclic) bond motifs is 1. The zero-order valence-electron chi connectivity index (χ0n) is 14.1. The molecule has 0 saturated heterocycles. The standard InChI is InChI=1S/C19H18N4O3/c24-19(14-11-13-5-1-2-7-16(13)25-12-14)21-10-8-17-22-18(23-26-17)15-6-3-4-9-20-15/h1-7,9,14H,8,10-12H2,(H,21,24)/t14-/m0/s1. The molecule has 132 valence electrons. The number of nitrogens with zero attached hydrogens (tertiary/aromatic N) is 3. The molecule has 0 radical (unpaired) electrons. The van der Waals surface area contributed by atoms with Crippen LogP contribution in [0.3, 0.4) is 0 Å². The molecular formula is C19H18N4O3. The highest BCUT2D eigenvalue weighted by molar-refractivity contribution is 5.79. The largest absolute Gasteiger partial charge is 0.492 e. The van der Waals surface area contributed by atoms with Crippen molar-refractivity contribution in [3.8, 4) is 17.3 Å². The van der Waals surface area contributed by atoms with E-state index in [1.165, 1.54) is 0 Å². The van der Waals surface area contributed by atoms with Gasteiger partial charge in [0.15, 0.2) is 0 Å². The quantitative estimate of drug-likeness (QED) is 0.757. The van der Waals surface area contributed by atoms with Crippen LogP contribution in [0.2, 0.25) is 0 Å². The van der Waals surface area contributed by atoms with Gasteiger partial charge in [0.25, 0.3) is 0 Å². The molecular weight excluding hydrogens is 332 g/mol. The third-order valence-corrected chi connectivity index (χ3v) is 4.25. The zero-order valence-corrected chi connectivity index (χ0v) is 14.1. The third-order valence-electron chi connectivity index (χ3n) is 4.25. The molecule has 1 aromatic carbocycles. The molecule has 0 spiro atoms. The van der Waals surface area contributed by atoms with Crippen LogP contribution in [0.4, 0.5) is 0 Å². The summed E-state index contributed by atoms with van der Waals surface area (Å²) < 4.78 is 10.9. The minimum absolute atomic E-state index is 0.0241. The summed E-state index contributed by atoms with van der Waals surface area (Å²) in [4.78, 5) is 20.8. The van der Waals surface area contributed by atoms with Crippen LogP contribution in [0, 0.1) is 5.92 Å². The van der Waals surface area contributed by atoms with Crippen LogP contribution in [0.25, 0.3) is 11.5 Å². The van der Waals surface area contributed by atoms with E-state index in [1.54, 1.807) is 6.20 Å². The molecule has 1 aliphatic heterocycles. The summed E-state index contributed by atoms with van der Waals surface area (Å²) in [6, 6.07) is 13.3. The Labute approximate surface area is 150 Å². The van der Waals surface area contributed by atoms with Gasteiger partial charge in [0.2, 0.25) is 17.6 Å². The lowest BCUT2D eigenvalue weighted by Gasteiger charge is -2.24. The van der Waals surface area contributed by atoms with Gasteiger partial charge in [-0.3, -0.25) is 9.78 Å². The lowest BCUT2D eigenvalue weighted by Crippen LogP contribution is -2.38. The molecule has 0 saturated carbocycles. The monoisotopic (exact) mass is 350 g/mol. The van der Waals surface area contributed by atoms with Gasteiger partial charge in [0.1, 0.15) is 18.1 Å². The predicted octanol–water partition coefficient (Wildman–Crippen LogP) is 2.04. The minimum atomic E-state index is -0.184. The molecule has 1 amide bonds. The Kier molecular flexibility index (Phi) is 4.59. The lowest BCUT2D eigenvalue weighted by atomic mass is 9.96. The van der Waals surface area contributed by atoms with Crippen molar-refractivity contribution in [2.45, 2.75) is 12.8 Å². The van der Waals surface area contributed by atoms with E-state index >= 15 is 0 Å². The summed E-state index contributed by atoms with van der Waals surface area (Å²) >= 11 is 0. The van der Waals surface area contributed by atoms with E-state index in [-0.39, 0.29) is 11.8 Å². The number of nitrogens with one attached hydrogen (secondary N) is 1. The Morgan fingerprint density at radius 3 is 2.96 bits per heavy atom. The van der Waals surface area contributed by atoms with Crippen LogP contribution in [0.1, 0.15) is 11.5 Å². The van der Waals surface area contributed by atoms with Gasteiger partial charge >= 0.3 is 0 Å². The SMILES string of the molecule is O=C(NCCc1nc(-c2ccccn2)no1)[C@@H]1COc2ccccc2C1. The van der Waals surface area contributed by atoms with Gasteiger partial charge in [-0.05, 0) is 30.2 Å². The van der Waals surface area contributed by atoms with Crippen molar-refractivity contribution in [3.63, 3.8) is 0 Å². The van der Waals surface area contributed by atoms with E-state index in [1.807, 2.05) is 42.5 Å². The highest BCUT2D eigenvalue weighted by atomic mass is 16.5. The van der Waals surface area contributed by atoms with E-state index in [2.05, 4.69) is 20.4 Å². The van der Waals surface area contributed by atoms with E-state index in [0.717, 1.165) is 11.3 Å². The maximum atomic E-state index is 12.4. The lowest BCUT2D eigenvalue weighted by molar-refractivity contribution is -0.126. The molecule has 7 heteroatoms. The van der Waals surface area contributed by atoms with Crippen LogP contribution in [-0.2, 0) is 17.6 Å². The van der Waals surface area contributed by atoms with Gasteiger partial charge in [-0.15, -0.1) is 0 Å². The van der Waals surface area contributed by atoms with Gasteiger partial charge in [-0.1, -0.05) is 29.4 Å². The van der Waals surface area contributed by atoms with Gasteiger partial charge in [-0.2, -0.15) is 4.98 Å². The first-order valence-corrected chi connectivity index (χ1v) is 8.52. The smallest absolute Gasteiger partial charge is 0.228 e. The van der Waals surface area contributed by atoms with Gasteiger partial charge in [-0.25, -0.2) is 0 Å². The van der Waals surface area contributed by atoms with E-state index in [0.29, 0.717) is 43.4 Å². The predicted molar refractivity (Wildman–Crippen MR) is 93.4 cm³/mol. The highest BCUT2D eigenvalue weighted by Gasteiger charge is 2.25. The fourth-order valence-electron chi connectivity index (χ4n) is 2.89. The number of carbonyl (C=O) groups excluding carboxylic acids is 1. The van der Waals surface area contributed by atoms with Crippen LogP contribution < -0.4 is 10.1 Å². The number of hydrogen-bond acceptors (Lipinski definition) is 6. The fourth-order valence-corrected chi connectivity index (χ4v) is 2.89. The molecule has 0 aliphatic carbocycles. The van der Waals surface area contributed by atoms with Crippen molar-refractivity contribution < 1.29 is 14.1 Å². The molecule has 7 nitrogen and oxygen atoms in total. The van der Waals surface area contributed by atoms with Crippen molar-refractivity contribution in [2.75, 3.05) is 13.2 Å². The number of carbonyl (C=O) groups is 1. The van der Waals surface area contributed by atoms with E-state index in [4.69, 9.17) is 9.26 Å². The van der Waals surface area contributed by atoms with Crippen LogP contribution in [0.5, 0.6) is 5.75 Å². The summed E-state index contributed by atoms with van der Waals surface area (Å²) in [6.45, 7) is 0.827. The Morgan fingerprint density at radius 2 is 2.08 bits per heavy atom. The third kappa shape index (κ3) is 3.56. The summed E-state index contributed by atoms with van der Waals surface area (Å²) in [5, 5.41) is 6.84. The molecule has 2 aromatic heterocycles. The molecule has 26 heavy (non-hydrogen) atoms. The molecule has 1 atom stereocenters. The van der Waals surface area contributed by atoms with Gasteiger partial charge in [0, 0.05) is 19.2 Å². The number of ether oxygens (including phenoxy) is 1. The minimum Gasteiger partial charge on any atom is -0.492 e. The second-order valence-electron chi connectivity index (χ2n) is 6.09. The Hall–Kier alpha value is -3.22. The van der Waals surface area contributed by atoms with Crippen LogP contribution >= 0.6 is 0 Å². The topological polar surface area (TPSA) is 90.1 Å². The Morgan fingerprint density at radius 1 is 1.19 bits per heavy atom. The Bertz CT molecular complexity index is 895. The van der Waals surface area contributed by atoms with Crippen molar-refractivity contribution in [1.82, 2.24) is 20.4 Å². The maximum Gasteiger partial charge on any atom is 0.228 e. The van der Waals surface area contributed by atoms with Crippen LogP contribution in [-0.4, -0.2) is 34.2 Å². The summed E-state index contributed by atoms with van der Waals surface area (Å²) in [7, 11) is 0. The van der Waals surface area contributed by atoms with Gasteiger partial charge in [0.05, 0.1) is 5.92 Å². The second-order valence-corrected chi connectivity index (χ2v) is 6.09. The Balaban J connectivity index is 1.29. The summed E-state index contributed by atoms with van der Waals surface area (Å²) in [5.41, 5.74) is 1.72. The maximum absolute atomic E-state index is 12.4. The molecule has 4 rings (SSSR count). The second kappa shape index (κ2) is 7.35. The van der Waals surface area contributed by atoms with Crippen molar-refractivity contribution in [3.05, 3.63) is 60.1 Å². The fraction of sp³-hybridized carbons (Fsp3) is 0.263. The molecule has 3 aromatic rings. The number of para-hydroxylation sites is 1. The van der Waals surface area contributed by atoms with Crippen LogP contribution in [0.15, 0.2) is 53.2 Å². The van der Waals surface area contributed by atoms with Gasteiger partial charge < -0.3 is 14.6 Å². The molecule has 0 unspecified atom stereocenters. The first kappa shape index (κ1) is 16.3. The normalized spacial score (nSPS) is 15.8. The number of amides is 1. The average molecular weight is 350 g/mol. The van der Waals surface area contributed by atoms with Crippen molar-refractivity contribution >= 4 is 5.91 Å². The highest BCUT2D eigenvalue weighted by Crippen LogP contribution is 2.26. The molecule has 1 N–H and O–H groups in total. The molecule has 1 aliphatic rings. The zero-order chi connectivity index (χ0) is 17.8. The first-order chi connectivity index (χ1) is 12.8. The van der Waals surface area contributed by atoms with E-state index in [9.17, 15) is 4.79 Å². The first-order valence-electron chi connectivity index (χ1n) is 8.52. The molecule has 0 fully saturated rings. The summed E-state index contributed by atoms with van der Waals surface area (Å²) in [6.07, 6.45) is 2.83. The summed E-state index contributed by atoms with van der Waals surface area (Å²) in [5.74, 6) is 1.57.